The van der Waals surface area contributed by atoms with Gasteiger partial charge in [-0.15, -0.1) is 16.4 Å². The maximum absolute atomic E-state index is 2.51. The van der Waals surface area contributed by atoms with Gasteiger partial charge in [-0.25, -0.2) is 0 Å². The predicted octanol–water partition coefficient (Wildman–Crippen LogP) is 3.82. The molecule has 238 valence electrons. The first-order valence-electron chi connectivity index (χ1n) is 18.6. The van der Waals surface area contributed by atoms with Crippen LogP contribution in [0, 0.1) is 0 Å². The van der Waals surface area contributed by atoms with Crippen LogP contribution in [0.25, 0.3) is 76.8 Å². The van der Waals surface area contributed by atoms with Gasteiger partial charge in [-0.1, -0.05) is 136 Å². The van der Waals surface area contributed by atoms with Crippen LogP contribution in [0.5, 0.6) is 0 Å². The summed E-state index contributed by atoms with van der Waals surface area (Å²) in [6.07, 6.45) is 0. The summed E-state index contributed by atoms with van der Waals surface area (Å²) in [6, 6.07) is 40.1. The zero-order valence-electron chi connectivity index (χ0n) is 31.3. The van der Waals surface area contributed by atoms with E-state index in [0.717, 1.165) is 0 Å². The van der Waals surface area contributed by atoms with Gasteiger partial charge in [0.1, 0.15) is 39.2 Å². The standard InChI is InChI=1S/C46H39B5/c1-45(2)31-8-6-5-7-29(31)37-32(45)19-20-33-38(37)30-18-13-24(21-34(30)46(33,3)4)25-14-9-22-11-16-27-28(17-12-23-10-15-26(25)35(22)36(23)27)39-40(47)42(49)44(51)43(50)41(39)48/h5-21H,47-51H2,1-4H3. The van der Waals surface area contributed by atoms with Crippen molar-refractivity contribution in [3.63, 3.8) is 0 Å². The topological polar surface area (TPSA) is 0 Å². The number of hydrogen-bond acceptors (Lipinski definition) is 0. The number of hydrogen-bond donors (Lipinski definition) is 0. The molecule has 0 saturated heterocycles. The lowest BCUT2D eigenvalue weighted by Crippen LogP contribution is -2.55. The smallest absolute Gasteiger partial charge is 0.102 e. The first kappa shape index (κ1) is 30.9. The van der Waals surface area contributed by atoms with Crippen molar-refractivity contribution in [3.8, 4) is 44.5 Å². The average Bonchev–Trinajstić information content (AvgIpc) is 3.51. The van der Waals surface area contributed by atoms with Crippen LogP contribution >= 0.6 is 0 Å². The SMILES string of the molecule is Bc1c(B)c(B)c(-c2ccc3ccc4c(-c5ccc6c(c5)C(C)(C)c5ccc7c(c5-6)-c5ccccc5C7(C)C)ccc5ccc2c3c54)c(B)c1B. The van der Waals surface area contributed by atoms with Crippen LogP contribution in [-0.4, -0.2) is 39.2 Å². The Morgan fingerprint density at radius 3 is 1.47 bits per heavy atom. The van der Waals surface area contributed by atoms with Crippen LogP contribution in [0.2, 0.25) is 0 Å². The Morgan fingerprint density at radius 2 is 0.843 bits per heavy atom. The van der Waals surface area contributed by atoms with Crippen LogP contribution in [-0.2, 0) is 10.8 Å². The Kier molecular flexibility index (Phi) is 6.14. The monoisotopic (exact) mass is 646 g/mol. The molecule has 0 bridgehead atoms. The highest BCUT2D eigenvalue weighted by Gasteiger charge is 2.43. The third-order valence-electron chi connectivity index (χ3n) is 13.6. The lowest BCUT2D eigenvalue weighted by atomic mass is 9.59. The van der Waals surface area contributed by atoms with E-state index in [4.69, 9.17) is 0 Å². The third-order valence-corrected chi connectivity index (χ3v) is 13.6. The van der Waals surface area contributed by atoms with Crippen molar-refractivity contribution in [1.29, 1.82) is 0 Å². The molecular formula is C46H39B5. The van der Waals surface area contributed by atoms with Crippen molar-refractivity contribution in [3.05, 3.63) is 125 Å². The molecule has 0 aliphatic heterocycles. The molecule has 0 spiro atoms. The summed E-state index contributed by atoms with van der Waals surface area (Å²) in [7, 11) is 11.5. The summed E-state index contributed by atoms with van der Waals surface area (Å²) >= 11 is 0. The fourth-order valence-electron chi connectivity index (χ4n) is 10.4. The van der Waals surface area contributed by atoms with E-state index < -0.39 is 0 Å². The molecule has 0 aromatic heterocycles. The van der Waals surface area contributed by atoms with Gasteiger partial charge < -0.3 is 0 Å². The Hall–Kier alpha value is -4.88. The summed E-state index contributed by atoms with van der Waals surface area (Å²) in [4.78, 5) is 0. The molecule has 10 rings (SSSR count). The van der Waals surface area contributed by atoms with Gasteiger partial charge in [0, 0.05) is 10.8 Å². The molecule has 0 unspecified atom stereocenters. The minimum atomic E-state index is -0.101. The minimum absolute atomic E-state index is 0.0100. The predicted molar refractivity (Wildman–Crippen MR) is 237 cm³/mol. The summed E-state index contributed by atoms with van der Waals surface area (Å²) in [5.74, 6) is 0. The molecule has 2 aliphatic carbocycles. The van der Waals surface area contributed by atoms with E-state index in [0.29, 0.717) is 0 Å². The van der Waals surface area contributed by atoms with Gasteiger partial charge in [0.2, 0.25) is 0 Å². The lowest BCUT2D eigenvalue weighted by molar-refractivity contribution is 0.651. The zero-order valence-corrected chi connectivity index (χ0v) is 31.3. The van der Waals surface area contributed by atoms with Gasteiger partial charge in [-0.2, -0.15) is 0 Å². The number of rotatable bonds is 2. The number of benzene rings is 8. The molecule has 5 heteroatoms. The Balaban J connectivity index is 1.19. The number of fused-ring (bicyclic) bond motifs is 7. The van der Waals surface area contributed by atoms with Crippen molar-refractivity contribution in [2.45, 2.75) is 38.5 Å². The molecule has 51 heavy (non-hydrogen) atoms. The van der Waals surface area contributed by atoms with Crippen LogP contribution in [0.15, 0.2) is 103 Å². The Bertz CT molecular complexity index is 2830. The average molecular weight is 646 g/mol. The molecule has 0 fully saturated rings. The largest absolute Gasteiger partial charge is 0.139 e. The zero-order chi connectivity index (χ0) is 35.3. The van der Waals surface area contributed by atoms with E-state index in [9.17, 15) is 0 Å². The van der Waals surface area contributed by atoms with Crippen molar-refractivity contribution < 1.29 is 0 Å². The second kappa shape index (κ2) is 10.1. The van der Waals surface area contributed by atoms with Gasteiger partial charge in [0.25, 0.3) is 0 Å². The van der Waals surface area contributed by atoms with Gasteiger partial charge in [-0.05, 0) is 105 Å². The van der Waals surface area contributed by atoms with Gasteiger partial charge in [0.15, 0.2) is 0 Å². The third kappa shape index (κ3) is 3.82. The molecule has 0 amide bonds. The van der Waals surface area contributed by atoms with E-state index in [-0.39, 0.29) is 10.8 Å². The maximum atomic E-state index is 2.51. The van der Waals surface area contributed by atoms with E-state index in [1.165, 1.54) is 126 Å². The summed E-state index contributed by atoms with van der Waals surface area (Å²) in [5, 5.41) is 8.04. The van der Waals surface area contributed by atoms with E-state index in [1.54, 1.807) is 0 Å². The molecule has 2 aliphatic rings. The van der Waals surface area contributed by atoms with Crippen molar-refractivity contribution in [2.24, 2.45) is 0 Å². The summed E-state index contributed by atoms with van der Waals surface area (Å²) in [6.45, 7) is 9.61. The molecule has 0 atom stereocenters. The molecular weight excluding hydrogens is 607 g/mol. The molecule has 8 aromatic rings. The van der Waals surface area contributed by atoms with E-state index in [1.807, 2.05) is 0 Å². The molecule has 0 N–H and O–H groups in total. The van der Waals surface area contributed by atoms with Crippen molar-refractivity contribution >= 4 is 98.9 Å². The summed E-state index contributed by atoms with van der Waals surface area (Å²) < 4.78 is 0. The maximum Gasteiger partial charge on any atom is 0.139 e. The van der Waals surface area contributed by atoms with Crippen LogP contribution in [0.1, 0.15) is 49.9 Å². The fourth-order valence-corrected chi connectivity index (χ4v) is 10.4. The second-order valence-electron chi connectivity index (χ2n) is 16.6. The van der Waals surface area contributed by atoms with Gasteiger partial charge in [-0.3, -0.25) is 0 Å². The van der Waals surface area contributed by atoms with Crippen LogP contribution in [0.3, 0.4) is 0 Å². The minimum Gasteiger partial charge on any atom is -0.102 e. The molecule has 0 nitrogen and oxygen atoms in total. The Morgan fingerprint density at radius 1 is 0.373 bits per heavy atom. The van der Waals surface area contributed by atoms with Gasteiger partial charge in [0.05, 0.1) is 0 Å². The fraction of sp³-hybridized carbons (Fsp3) is 0.130. The van der Waals surface area contributed by atoms with E-state index in [2.05, 4.69) is 170 Å². The second-order valence-corrected chi connectivity index (χ2v) is 16.6. The lowest BCUT2D eigenvalue weighted by Gasteiger charge is -2.24. The van der Waals surface area contributed by atoms with Crippen LogP contribution in [0.4, 0.5) is 0 Å². The normalized spacial score (nSPS) is 15.0. The van der Waals surface area contributed by atoms with Gasteiger partial charge >= 0.3 is 0 Å². The molecule has 0 heterocycles. The van der Waals surface area contributed by atoms with Crippen LogP contribution < -0.4 is 27.3 Å². The highest BCUT2D eigenvalue weighted by Crippen LogP contribution is 2.59. The molecule has 0 saturated carbocycles. The highest BCUT2D eigenvalue weighted by molar-refractivity contribution is 6.69. The summed E-state index contributed by atoms with van der Waals surface area (Å²) in [5.41, 5.74) is 23.7. The van der Waals surface area contributed by atoms with Crippen molar-refractivity contribution in [1.82, 2.24) is 0 Å². The Labute approximate surface area is 306 Å². The van der Waals surface area contributed by atoms with E-state index >= 15 is 0 Å². The first-order valence-corrected chi connectivity index (χ1v) is 18.6. The molecule has 8 aromatic carbocycles. The quantitative estimate of drug-likeness (QED) is 0.198. The van der Waals surface area contributed by atoms with Crippen molar-refractivity contribution in [2.75, 3.05) is 0 Å². The molecule has 0 radical (unpaired) electrons. The highest BCUT2D eigenvalue weighted by atomic mass is 14.5. The first-order chi connectivity index (χ1) is 24.4.